The number of benzene rings is 1. The molecule has 21 heavy (non-hydrogen) atoms. The summed E-state index contributed by atoms with van der Waals surface area (Å²) < 4.78 is 5.24. The average molecular weight is 290 g/mol. The average Bonchev–Trinajstić information content (AvgIpc) is 2.46. The van der Waals surface area contributed by atoms with Crippen LogP contribution in [0.2, 0.25) is 0 Å². The maximum atomic E-state index is 6.41. The Kier molecular flexibility index (Phi) is 6.22. The van der Waals surface area contributed by atoms with Crippen LogP contribution in [0.25, 0.3) is 0 Å². The first-order valence-electron chi connectivity index (χ1n) is 8.19. The fourth-order valence-corrected chi connectivity index (χ4v) is 3.34. The molecule has 2 rings (SSSR count). The molecule has 0 aliphatic carbocycles. The van der Waals surface area contributed by atoms with Crippen molar-refractivity contribution in [1.29, 1.82) is 0 Å². The third-order valence-corrected chi connectivity index (χ3v) is 4.33. The van der Waals surface area contributed by atoms with E-state index in [2.05, 4.69) is 43.0 Å². The molecule has 2 atom stereocenters. The third kappa shape index (κ3) is 4.53. The fourth-order valence-electron chi connectivity index (χ4n) is 3.34. The molecule has 1 aromatic rings. The lowest BCUT2D eigenvalue weighted by Gasteiger charge is -2.40. The van der Waals surface area contributed by atoms with Crippen molar-refractivity contribution in [3.8, 4) is 0 Å². The number of rotatable bonds is 6. The molecule has 0 radical (unpaired) electrons. The zero-order chi connectivity index (χ0) is 15.2. The van der Waals surface area contributed by atoms with Crippen molar-refractivity contribution in [1.82, 2.24) is 4.90 Å². The van der Waals surface area contributed by atoms with Crippen molar-refractivity contribution in [2.24, 2.45) is 11.7 Å². The van der Waals surface area contributed by atoms with Gasteiger partial charge in [0, 0.05) is 25.7 Å². The molecule has 1 fully saturated rings. The van der Waals surface area contributed by atoms with E-state index in [0.29, 0.717) is 12.0 Å². The molecule has 0 spiro atoms. The lowest BCUT2D eigenvalue weighted by molar-refractivity contribution is 0.0848. The highest BCUT2D eigenvalue weighted by atomic mass is 16.5. The standard InChI is InChI=1S/C18H30N2O/c1-14(2)13-15-6-8-16(9-7-15)18-17(19)5-4-10-20(18)11-12-21-3/h6-9,14,17-18H,4-5,10-13,19H2,1-3H3. The summed E-state index contributed by atoms with van der Waals surface area (Å²) >= 11 is 0. The van der Waals surface area contributed by atoms with Gasteiger partial charge < -0.3 is 10.5 Å². The van der Waals surface area contributed by atoms with E-state index in [1.54, 1.807) is 7.11 Å². The summed E-state index contributed by atoms with van der Waals surface area (Å²) in [6.45, 7) is 7.38. The number of methoxy groups -OCH3 is 1. The SMILES string of the molecule is COCCN1CCCC(N)C1c1ccc(CC(C)C)cc1. The predicted molar refractivity (Wildman–Crippen MR) is 88.4 cm³/mol. The van der Waals surface area contributed by atoms with Crippen LogP contribution in [0, 0.1) is 5.92 Å². The van der Waals surface area contributed by atoms with E-state index in [9.17, 15) is 0 Å². The summed E-state index contributed by atoms with van der Waals surface area (Å²) in [5, 5.41) is 0. The molecule has 1 aliphatic heterocycles. The summed E-state index contributed by atoms with van der Waals surface area (Å²) in [5.74, 6) is 0.700. The van der Waals surface area contributed by atoms with E-state index < -0.39 is 0 Å². The Morgan fingerprint density at radius 2 is 2.00 bits per heavy atom. The number of piperidine rings is 1. The Bertz CT molecular complexity index is 416. The highest BCUT2D eigenvalue weighted by Crippen LogP contribution is 2.30. The van der Waals surface area contributed by atoms with Gasteiger partial charge in [-0.1, -0.05) is 38.1 Å². The van der Waals surface area contributed by atoms with Crippen LogP contribution < -0.4 is 5.73 Å². The van der Waals surface area contributed by atoms with Crippen LogP contribution in [0.3, 0.4) is 0 Å². The smallest absolute Gasteiger partial charge is 0.0589 e. The Balaban J connectivity index is 2.11. The van der Waals surface area contributed by atoms with E-state index in [4.69, 9.17) is 10.5 Å². The number of ether oxygens (including phenoxy) is 1. The zero-order valence-corrected chi connectivity index (χ0v) is 13.7. The molecule has 1 aromatic carbocycles. The lowest BCUT2D eigenvalue weighted by Crippen LogP contribution is -2.46. The molecule has 0 bridgehead atoms. The molecule has 1 heterocycles. The zero-order valence-electron chi connectivity index (χ0n) is 13.7. The second-order valence-corrected chi connectivity index (χ2v) is 6.62. The number of hydrogen-bond donors (Lipinski definition) is 1. The maximum absolute atomic E-state index is 6.41. The Morgan fingerprint density at radius 3 is 2.62 bits per heavy atom. The van der Waals surface area contributed by atoms with Crippen molar-refractivity contribution in [3.63, 3.8) is 0 Å². The van der Waals surface area contributed by atoms with E-state index in [1.807, 2.05) is 0 Å². The molecule has 1 saturated heterocycles. The topological polar surface area (TPSA) is 38.5 Å². The van der Waals surface area contributed by atoms with Gasteiger partial charge in [-0.25, -0.2) is 0 Å². The summed E-state index contributed by atoms with van der Waals surface area (Å²) in [6.07, 6.45) is 3.44. The van der Waals surface area contributed by atoms with Gasteiger partial charge in [-0.3, -0.25) is 4.90 Å². The first kappa shape index (κ1) is 16.5. The van der Waals surface area contributed by atoms with Gasteiger partial charge >= 0.3 is 0 Å². The van der Waals surface area contributed by atoms with Gasteiger partial charge in [0.2, 0.25) is 0 Å². The Labute approximate surface area is 129 Å². The number of likely N-dealkylation sites (tertiary alicyclic amines) is 1. The number of nitrogens with two attached hydrogens (primary N) is 1. The highest BCUT2D eigenvalue weighted by Gasteiger charge is 2.29. The third-order valence-electron chi connectivity index (χ3n) is 4.33. The van der Waals surface area contributed by atoms with E-state index in [0.717, 1.165) is 32.5 Å². The van der Waals surface area contributed by atoms with Gasteiger partial charge in [0.05, 0.1) is 6.61 Å². The van der Waals surface area contributed by atoms with Crippen molar-refractivity contribution >= 4 is 0 Å². The van der Waals surface area contributed by atoms with Crippen molar-refractivity contribution in [2.75, 3.05) is 26.8 Å². The van der Waals surface area contributed by atoms with Gasteiger partial charge in [-0.15, -0.1) is 0 Å². The van der Waals surface area contributed by atoms with Crippen LogP contribution in [0.1, 0.15) is 43.9 Å². The Morgan fingerprint density at radius 1 is 1.29 bits per heavy atom. The fraction of sp³-hybridized carbons (Fsp3) is 0.667. The summed E-state index contributed by atoms with van der Waals surface area (Å²) in [6, 6.07) is 9.64. The molecular weight excluding hydrogens is 260 g/mol. The minimum atomic E-state index is 0.228. The predicted octanol–water partition coefficient (Wildman–Crippen LogP) is 3.00. The second kappa shape index (κ2) is 7.92. The molecule has 3 heteroatoms. The van der Waals surface area contributed by atoms with E-state index in [-0.39, 0.29) is 6.04 Å². The molecule has 2 N–H and O–H groups in total. The minimum Gasteiger partial charge on any atom is -0.383 e. The molecular formula is C18H30N2O. The van der Waals surface area contributed by atoms with Crippen LogP contribution in [0.5, 0.6) is 0 Å². The molecule has 0 saturated carbocycles. The normalized spacial score (nSPS) is 23.7. The largest absolute Gasteiger partial charge is 0.383 e. The van der Waals surface area contributed by atoms with Crippen LogP contribution in [-0.4, -0.2) is 37.7 Å². The van der Waals surface area contributed by atoms with Crippen molar-refractivity contribution in [2.45, 2.75) is 45.2 Å². The van der Waals surface area contributed by atoms with Gasteiger partial charge in [-0.05, 0) is 42.9 Å². The quantitative estimate of drug-likeness (QED) is 0.875. The molecule has 118 valence electrons. The van der Waals surface area contributed by atoms with Crippen molar-refractivity contribution in [3.05, 3.63) is 35.4 Å². The molecule has 3 nitrogen and oxygen atoms in total. The highest BCUT2D eigenvalue weighted by molar-refractivity contribution is 5.27. The summed E-state index contributed by atoms with van der Waals surface area (Å²) in [5.41, 5.74) is 9.18. The lowest BCUT2D eigenvalue weighted by atomic mass is 9.90. The van der Waals surface area contributed by atoms with Crippen molar-refractivity contribution < 1.29 is 4.74 Å². The second-order valence-electron chi connectivity index (χ2n) is 6.62. The van der Waals surface area contributed by atoms with Crippen LogP contribution >= 0.6 is 0 Å². The van der Waals surface area contributed by atoms with E-state index in [1.165, 1.54) is 17.5 Å². The number of nitrogens with zero attached hydrogens (tertiary/aromatic N) is 1. The summed E-state index contributed by atoms with van der Waals surface area (Å²) in [4.78, 5) is 2.48. The first-order valence-corrected chi connectivity index (χ1v) is 8.19. The van der Waals surface area contributed by atoms with E-state index >= 15 is 0 Å². The van der Waals surface area contributed by atoms with Crippen LogP contribution in [0.15, 0.2) is 24.3 Å². The van der Waals surface area contributed by atoms with Gasteiger partial charge in [0.1, 0.15) is 0 Å². The Hall–Kier alpha value is -0.900. The summed E-state index contributed by atoms with van der Waals surface area (Å²) in [7, 11) is 1.76. The molecule has 0 aromatic heterocycles. The molecule has 1 aliphatic rings. The maximum Gasteiger partial charge on any atom is 0.0589 e. The van der Waals surface area contributed by atoms with Gasteiger partial charge in [0.25, 0.3) is 0 Å². The number of hydrogen-bond acceptors (Lipinski definition) is 3. The molecule has 2 unspecified atom stereocenters. The van der Waals surface area contributed by atoms with Gasteiger partial charge in [0.15, 0.2) is 0 Å². The minimum absolute atomic E-state index is 0.228. The van der Waals surface area contributed by atoms with Crippen LogP contribution in [-0.2, 0) is 11.2 Å². The monoisotopic (exact) mass is 290 g/mol. The van der Waals surface area contributed by atoms with Gasteiger partial charge in [-0.2, -0.15) is 0 Å². The first-order chi connectivity index (χ1) is 10.1. The molecule has 0 amide bonds. The van der Waals surface area contributed by atoms with Crippen LogP contribution in [0.4, 0.5) is 0 Å².